The van der Waals surface area contributed by atoms with Crippen LogP contribution in [0.25, 0.3) is 0 Å². The van der Waals surface area contributed by atoms with E-state index in [1.54, 1.807) is 21.2 Å². The maximum absolute atomic E-state index is 12.2. The SMILES string of the molecule is O=C(c1cnc2n(c1=O)CCS2)N1CCOCC1. The molecule has 2 aliphatic rings. The molecule has 0 unspecified atom stereocenters. The summed E-state index contributed by atoms with van der Waals surface area (Å²) in [5.41, 5.74) is -0.0513. The molecule has 7 heteroatoms. The van der Waals surface area contributed by atoms with Gasteiger partial charge in [0.1, 0.15) is 5.56 Å². The van der Waals surface area contributed by atoms with Crippen molar-refractivity contribution in [3.05, 3.63) is 22.1 Å². The Labute approximate surface area is 108 Å². The van der Waals surface area contributed by atoms with Crippen molar-refractivity contribution in [1.82, 2.24) is 14.5 Å². The number of morpholine rings is 1. The van der Waals surface area contributed by atoms with E-state index in [4.69, 9.17) is 4.74 Å². The van der Waals surface area contributed by atoms with Crippen LogP contribution < -0.4 is 5.56 Å². The number of hydrogen-bond acceptors (Lipinski definition) is 5. The second kappa shape index (κ2) is 4.74. The van der Waals surface area contributed by atoms with Gasteiger partial charge in [0.25, 0.3) is 11.5 Å². The highest BCUT2D eigenvalue weighted by molar-refractivity contribution is 7.99. The fourth-order valence-corrected chi connectivity index (χ4v) is 3.01. The standard InChI is InChI=1S/C11H13N3O3S/c15-9(13-1-4-17-5-2-13)8-7-12-11-14(10(8)16)3-6-18-11/h7H,1-6H2. The van der Waals surface area contributed by atoms with Crippen molar-refractivity contribution in [1.29, 1.82) is 0 Å². The van der Waals surface area contributed by atoms with Crippen LogP contribution in [0.2, 0.25) is 0 Å². The number of carbonyl (C=O) groups excluding carboxylic acids is 1. The molecule has 3 rings (SSSR count). The Kier molecular flexibility index (Phi) is 3.09. The molecule has 0 atom stereocenters. The van der Waals surface area contributed by atoms with Crippen LogP contribution in [0.5, 0.6) is 0 Å². The third-order valence-corrected chi connectivity index (χ3v) is 4.06. The summed E-state index contributed by atoms with van der Waals surface area (Å²) >= 11 is 1.54. The van der Waals surface area contributed by atoms with Crippen molar-refractivity contribution in [3.63, 3.8) is 0 Å². The van der Waals surface area contributed by atoms with Crippen molar-refractivity contribution in [2.45, 2.75) is 11.7 Å². The highest BCUT2D eigenvalue weighted by Gasteiger charge is 2.24. The Morgan fingerprint density at radius 2 is 2.11 bits per heavy atom. The van der Waals surface area contributed by atoms with Crippen LogP contribution in [0.1, 0.15) is 10.4 Å². The molecule has 0 bridgehead atoms. The van der Waals surface area contributed by atoms with Gasteiger partial charge in [0, 0.05) is 31.6 Å². The van der Waals surface area contributed by atoms with E-state index in [0.29, 0.717) is 38.0 Å². The molecule has 6 nitrogen and oxygen atoms in total. The van der Waals surface area contributed by atoms with Crippen molar-refractivity contribution in [2.24, 2.45) is 0 Å². The summed E-state index contributed by atoms with van der Waals surface area (Å²) in [5.74, 6) is 0.611. The quantitative estimate of drug-likeness (QED) is 0.661. The average molecular weight is 267 g/mol. The molecule has 96 valence electrons. The van der Waals surface area contributed by atoms with E-state index < -0.39 is 0 Å². The lowest BCUT2D eigenvalue weighted by atomic mass is 10.2. The van der Waals surface area contributed by atoms with Crippen LogP contribution in [-0.4, -0.2) is 52.4 Å². The first-order chi connectivity index (χ1) is 8.77. The van der Waals surface area contributed by atoms with Gasteiger partial charge < -0.3 is 9.64 Å². The zero-order chi connectivity index (χ0) is 12.5. The molecule has 3 heterocycles. The summed E-state index contributed by atoms with van der Waals surface area (Å²) in [4.78, 5) is 30.2. The number of thioether (sulfide) groups is 1. The molecule has 0 aliphatic carbocycles. The van der Waals surface area contributed by atoms with Crippen LogP contribution in [0.4, 0.5) is 0 Å². The third-order valence-electron chi connectivity index (χ3n) is 3.09. The molecule has 0 aromatic carbocycles. The molecular weight excluding hydrogens is 254 g/mol. The summed E-state index contributed by atoms with van der Waals surface area (Å²) in [6.07, 6.45) is 1.41. The topological polar surface area (TPSA) is 64.4 Å². The second-order valence-electron chi connectivity index (χ2n) is 4.16. The maximum atomic E-state index is 12.2. The predicted molar refractivity (Wildman–Crippen MR) is 65.9 cm³/mol. The van der Waals surface area contributed by atoms with E-state index in [1.807, 2.05) is 0 Å². The van der Waals surface area contributed by atoms with Gasteiger partial charge in [0.05, 0.1) is 13.2 Å². The minimum atomic E-state index is -0.233. The average Bonchev–Trinajstić information content (AvgIpc) is 2.89. The number of aromatic nitrogens is 2. The maximum Gasteiger partial charge on any atom is 0.267 e. The molecule has 0 saturated carbocycles. The van der Waals surface area contributed by atoms with E-state index in [0.717, 1.165) is 5.75 Å². The first-order valence-electron chi connectivity index (χ1n) is 5.87. The summed E-state index contributed by atoms with van der Waals surface area (Å²) in [5, 5.41) is 0.707. The lowest BCUT2D eigenvalue weighted by molar-refractivity contribution is 0.0300. The van der Waals surface area contributed by atoms with Crippen molar-refractivity contribution >= 4 is 17.7 Å². The lowest BCUT2D eigenvalue weighted by Crippen LogP contribution is -2.43. The van der Waals surface area contributed by atoms with Crippen LogP contribution in [0.15, 0.2) is 16.1 Å². The van der Waals surface area contributed by atoms with Gasteiger partial charge in [-0.05, 0) is 0 Å². The summed E-state index contributed by atoms with van der Waals surface area (Å²) in [6, 6.07) is 0. The summed E-state index contributed by atoms with van der Waals surface area (Å²) < 4.78 is 6.78. The first kappa shape index (κ1) is 11.7. The Morgan fingerprint density at radius 3 is 2.89 bits per heavy atom. The molecule has 2 aliphatic heterocycles. The predicted octanol–water partition coefficient (Wildman–Crippen LogP) is -0.179. The molecule has 18 heavy (non-hydrogen) atoms. The molecule has 1 saturated heterocycles. The van der Waals surface area contributed by atoms with E-state index in [2.05, 4.69) is 4.98 Å². The number of nitrogens with zero attached hydrogens (tertiary/aromatic N) is 3. The molecule has 0 radical (unpaired) electrons. The molecule has 0 spiro atoms. The summed E-state index contributed by atoms with van der Waals surface area (Å²) in [7, 11) is 0. The Bertz CT molecular complexity index is 537. The van der Waals surface area contributed by atoms with Gasteiger partial charge in [-0.3, -0.25) is 14.2 Å². The van der Waals surface area contributed by atoms with Gasteiger partial charge in [-0.2, -0.15) is 0 Å². The Hall–Kier alpha value is -1.34. The lowest BCUT2D eigenvalue weighted by Gasteiger charge is -2.26. The smallest absolute Gasteiger partial charge is 0.267 e. The number of fused-ring (bicyclic) bond motifs is 1. The molecule has 1 aromatic heterocycles. The van der Waals surface area contributed by atoms with Gasteiger partial charge in [-0.25, -0.2) is 4.98 Å². The molecule has 1 fully saturated rings. The van der Waals surface area contributed by atoms with Gasteiger partial charge in [-0.1, -0.05) is 11.8 Å². The van der Waals surface area contributed by atoms with Crippen LogP contribution in [0, 0.1) is 0 Å². The number of amides is 1. The van der Waals surface area contributed by atoms with Crippen LogP contribution in [-0.2, 0) is 11.3 Å². The van der Waals surface area contributed by atoms with Crippen LogP contribution >= 0.6 is 11.8 Å². The minimum absolute atomic E-state index is 0.170. The fourth-order valence-electron chi connectivity index (χ4n) is 2.10. The van der Waals surface area contributed by atoms with Crippen molar-refractivity contribution in [3.8, 4) is 0 Å². The van der Waals surface area contributed by atoms with Crippen molar-refractivity contribution in [2.75, 3.05) is 32.1 Å². The van der Waals surface area contributed by atoms with E-state index in [1.165, 1.54) is 6.20 Å². The van der Waals surface area contributed by atoms with Crippen LogP contribution in [0.3, 0.4) is 0 Å². The second-order valence-corrected chi connectivity index (χ2v) is 5.23. The zero-order valence-electron chi connectivity index (χ0n) is 9.79. The van der Waals surface area contributed by atoms with Crippen molar-refractivity contribution < 1.29 is 9.53 Å². The zero-order valence-corrected chi connectivity index (χ0v) is 10.6. The first-order valence-corrected chi connectivity index (χ1v) is 6.85. The number of hydrogen-bond donors (Lipinski definition) is 0. The highest BCUT2D eigenvalue weighted by Crippen LogP contribution is 2.20. The normalized spacial score (nSPS) is 18.8. The number of carbonyl (C=O) groups is 1. The van der Waals surface area contributed by atoms with Gasteiger partial charge in [0.15, 0.2) is 5.16 Å². The molecular formula is C11H13N3O3S. The Balaban J connectivity index is 1.92. The largest absolute Gasteiger partial charge is 0.378 e. The molecule has 0 N–H and O–H groups in total. The highest BCUT2D eigenvalue weighted by atomic mass is 32.2. The van der Waals surface area contributed by atoms with Gasteiger partial charge in [0.2, 0.25) is 0 Å². The molecule has 1 amide bonds. The van der Waals surface area contributed by atoms with Gasteiger partial charge in [-0.15, -0.1) is 0 Å². The van der Waals surface area contributed by atoms with E-state index in [-0.39, 0.29) is 17.0 Å². The number of ether oxygens (including phenoxy) is 1. The summed E-state index contributed by atoms with van der Waals surface area (Å²) in [6.45, 7) is 2.77. The Morgan fingerprint density at radius 1 is 1.33 bits per heavy atom. The van der Waals surface area contributed by atoms with E-state index in [9.17, 15) is 9.59 Å². The fraction of sp³-hybridized carbons (Fsp3) is 0.545. The monoisotopic (exact) mass is 267 g/mol. The minimum Gasteiger partial charge on any atom is -0.378 e. The van der Waals surface area contributed by atoms with Gasteiger partial charge >= 0.3 is 0 Å². The number of rotatable bonds is 1. The third kappa shape index (κ3) is 1.93. The molecule has 1 aromatic rings. The van der Waals surface area contributed by atoms with E-state index >= 15 is 0 Å².